The standard InChI is InChI=1S/C4H6N2O3S/c5-3-1-6-4(2-7)10(3,8)9/h1,7H,2,5H2. The molecule has 1 heterocycles. The number of hydrogen-bond donors (Lipinski definition) is 2. The van der Waals surface area contributed by atoms with E-state index in [0.29, 0.717) is 0 Å². The third-order valence-corrected chi connectivity index (χ3v) is 2.67. The first-order valence-electron chi connectivity index (χ1n) is 2.47. The van der Waals surface area contributed by atoms with Crippen molar-refractivity contribution in [1.29, 1.82) is 0 Å². The molecule has 5 nitrogen and oxygen atoms in total. The van der Waals surface area contributed by atoms with E-state index in [9.17, 15) is 8.42 Å². The maximum Gasteiger partial charge on any atom is 0.238 e. The Hall–Kier alpha value is -0.880. The van der Waals surface area contributed by atoms with Crippen molar-refractivity contribution in [3.05, 3.63) is 11.2 Å². The van der Waals surface area contributed by atoms with E-state index >= 15 is 0 Å². The molecule has 1 rings (SSSR count). The molecule has 0 unspecified atom stereocenters. The number of sulfone groups is 1. The van der Waals surface area contributed by atoms with Crippen molar-refractivity contribution in [2.45, 2.75) is 0 Å². The van der Waals surface area contributed by atoms with Crippen molar-refractivity contribution in [1.82, 2.24) is 0 Å². The zero-order valence-electron chi connectivity index (χ0n) is 4.98. The highest BCUT2D eigenvalue weighted by atomic mass is 32.2. The summed E-state index contributed by atoms with van der Waals surface area (Å²) >= 11 is 0. The fraction of sp³-hybridized carbons (Fsp3) is 0.250. The molecule has 0 aromatic carbocycles. The summed E-state index contributed by atoms with van der Waals surface area (Å²) in [5.41, 5.74) is 5.03. The molecule has 0 bridgehead atoms. The second-order valence-corrected chi connectivity index (χ2v) is 3.67. The maximum absolute atomic E-state index is 10.8. The minimum atomic E-state index is -3.58. The van der Waals surface area contributed by atoms with Crippen molar-refractivity contribution in [3.63, 3.8) is 0 Å². The van der Waals surface area contributed by atoms with Gasteiger partial charge in [-0.05, 0) is 0 Å². The van der Waals surface area contributed by atoms with Crippen LogP contribution in [0.25, 0.3) is 0 Å². The molecule has 0 atom stereocenters. The van der Waals surface area contributed by atoms with E-state index in [1.54, 1.807) is 0 Å². The summed E-state index contributed by atoms with van der Waals surface area (Å²) in [4.78, 5) is 3.38. The Morgan fingerprint density at radius 3 is 2.50 bits per heavy atom. The highest BCUT2D eigenvalue weighted by Crippen LogP contribution is 2.10. The molecule has 0 saturated carbocycles. The molecule has 0 radical (unpaired) electrons. The Kier molecular flexibility index (Phi) is 1.49. The molecule has 0 aromatic rings. The van der Waals surface area contributed by atoms with Crippen LogP contribution in [-0.2, 0) is 9.84 Å². The van der Waals surface area contributed by atoms with Gasteiger partial charge >= 0.3 is 0 Å². The first kappa shape index (κ1) is 7.23. The molecular weight excluding hydrogens is 156 g/mol. The van der Waals surface area contributed by atoms with Crippen molar-refractivity contribution < 1.29 is 13.5 Å². The first-order valence-corrected chi connectivity index (χ1v) is 3.95. The topological polar surface area (TPSA) is 92.8 Å². The molecule has 10 heavy (non-hydrogen) atoms. The molecule has 1 aliphatic heterocycles. The Morgan fingerprint density at radius 1 is 1.70 bits per heavy atom. The lowest BCUT2D eigenvalue weighted by molar-refractivity contribution is 0.359. The summed E-state index contributed by atoms with van der Waals surface area (Å²) in [5, 5.41) is 7.82. The number of aliphatic imine (C=N–C) groups is 1. The largest absolute Gasteiger partial charge is 0.389 e. The van der Waals surface area contributed by atoms with Crippen molar-refractivity contribution >= 4 is 14.9 Å². The molecule has 0 amide bonds. The number of hydrogen-bond acceptors (Lipinski definition) is 5. The van der Waals surface area contributed by atoms with Crippen LogP contribution in [0.3, 0.4) is 0 Å². The van der Waals surface area contributed by atoms with E-state index in [2.05, 4.69) is 4.99 Å². The lowest BCUT2D eigenvalue weighted by Crippen LogP contribution is -2.20. The van der Waals surface area contributed by atoms with Crippen LogP contribution in [0.1, 0.15) is 0 Å². The SMILES string of the molecule is NC1=CN=C(CO)S1(=O)=O. The van der Waals surface area contributed by atoms with Gasteiger partial charge in [-0.3, -0.25) is 0 Å². The summed E-state index contributed by atoms with van der Waals surface area (Å²) in [5.74, 6) is 0. The predicted octanol–water partition coefficient (Wildman–Crippen LogP) is -1.44. The van der Waals surface area contributed by atoms with Crippen LogP contribution in [0.15, 0.2) is 16.2 Å². The number of nitrogens with zero attached hydrogens (tertiary/aromatic N) is 1. The predicted molar refractivity (Wildman–Crippen MR) is 35.7 cm³/mol. The molecule has 0 aliphatic carbocycles. The Balaban J connectivity index is 3.14. The molecule has 0 fully saturated rings. The number of aliphatic hydroxyl groups is 1. The summed E-state index contributed by atoms with van der Waals surface area (Å²) in [6.45, 7) is -0.598. The van der Waals surface area contributed by atoms with Crippen LogP contribution in [0.4, 0.5) is 0 Å². The molecule has 56 valence electrons. The van der Waals surface area contributed by atoms with E-state index in [1.165, 1.54) is 0 Å². The second-order valence-electron chi connectivity index (χ2n) is 1.72. The Morgan fingerprint density at radius 2 is 2.30 bits per heavy atom. The number of aliphatic hydroxyl groups excluding tert-OH is 1. The Labute approximate surface area is 57.8 Å². The minimum Gasteiger partial charge on any atom is -0.389 e. The fourth-order valence-electron chi connectivity index (χ4n) is 0.536. The van der Waals surface area contributed by atoms with Gasteiger partial charge in [0.25, 0.3) is 0 Å². The average Bonchev–Trinajstić information content (AvgIpc) is 2.10. The number of nitrogens with two attached hydrogens (primary N) is 1. The van der Waals surface area contributed by atoms with E-state index in [4.69, 9.17) is 10.8 Å². The molecule has 3 N–H and O–H groups in total. The highest BCUT2D eigenvalue weighted by molar-refractivity contribution is 8.10. The molecule has 0 saturated heterocycles. The van der Waals surface area contributed by atoms with Gasteiger partial charge in [0.05, 0.1) is 12.8 Å². The van der Waals surface area contributed by atoms with Crippen LogP contribution >= 0.6 is 0 Å². The van der Waals surface area contributed by atoms with Crippen LogP contribution in [-0.4, -0.2) is 25.2 Å². The molecule has 0 spiro atoms. The Bertz CT molecular complexity index is 300. The van der Waals surface area contributed by atoms with Crippen LogP contribution in [0.2, 0.25) is 0 Å². The van der Waals surface area contributed by atoms with Gasteiger partial charge in [0.1, 0.15) is 0 Å². The van der Waals surface area contributed by atoms with Gasteiger partial charge in [-0.2, -0.15) is 0 Å². The second kappa shape index (κ2) is 2.06. The van der Waals surface area contributed by atoms with Gasteiger partial charge < -0.3 is 10.8 Å². The van der Waals surface area contributed by atoms with E-state index < -0.39 is 16.4 Å². The lowest BCUT2D eigenvalue weighted by Gasteiger charge is -1.95. The fourth-order valence-corrected chi connectivity index (χ4v) is 1.36. The van der Waals surface area contributed by atoms with Gasteiger partial charge in [-0.15, -0.1) is 0 Å². The monoisotopic (exact) mass is 162 g/mol. The van der Waals surface area contributed by atoms with E-state index in [-0.39, 0.29) is 10.1 Å². The quantitative estimate of drug-likeness (QED) is 0.494. The lowest BCUT2D eigenvalue weighted by atomic mass is 10.8. The maximum atomic E-state index is 10.8. The van der Waals surface area contributed by atoms with Crippen molar-refractivity contribution in [3.8, 4) is 0 Å². The summed E-state index contributed by atoms with van der Waals surface area (Å²) in [7, 11) is -3.58. The van der Waals surface area contributed by atoms with Crippen LogP contribution in [0.5, 0.6) is 0 Å². The van der Waals surface area contributed by atoms with Crippen LogP contribution < -0.4 is 5.73 Å². The highest BCUT2D eigenvalue weighted by Gasteiger charge is 2.26. The normalized spacial score (nSPS) is 22.1. The zero-order valence-corrected chi connectivity index (χ0v) is 5.80. The molecular formula is C4H6N2O3S. The van der Waals surface area contributed by atoms with E-state index in [0.717, 1.165) is 6.20 Å². The van der Waals surface area contributed by atoms with Gasteiger partial charge in [0.2, 0.25) is 9.84 Å². The average molecular weight is 162 g/mol. The van der Waals surface area contributed by atoms with Gasteiger partial charge in [0, 0.05) is 0 Å². The van der Waals surface area contributed by atoms with Gasteiger partial charge in [-0.1, -0.05) is 0 Å². The van der Waals surface area contributed by atoms with Crippen LogP contribution in [0, 0.1) is 0 Å². The number of rotatable bonds is 1. The van der Waals surface area contributed by atoms with E-state index in [1.807, 2.05) is 0 Å². The zero-order chi connectivity index (χ0) is 7.78. The smallest absolute Gasteiger partial charge is 0.238 e. The van der Waals surface area contributed by atoms with Gasteiger partial charge in [-0.25, -0.2) is 13.4 Å². The van der Waals surface area contributed by atoms with Gasteiger partial charge in [0.15, 0.2) is 10.1 Å². The first-order chi connectivity index (χ1) is 4.59. The third kappa shape index (κ3) is 0.812. The summed E-state index contributed by atoms with van der Waals surface area (Å²) in [6, 6.07) is 0. The molecule has 0 aromatic heterocycles. The molecule has 6 heteroatoms. The minimum absolute atomic E-state index is 0.287. The third-order valence-electron chi connectivity index (χ3n) is 1.09. The molecule has 1 aliphatic rings. The summed E-state index contributed by atoms with van der Waals surface area (Å²) in [6.07, 6.45) is 1.01. The van der Waals surface area contributed by atoms with Crippen molar-refractivity contribution in [2.75, 3.05) is 6.61 Å². The summed E-state index contributed by atoms with van der Waals surface area (Å²) < 4.78 is 21.7. The van der Waals surface area contributed by atoms with Crippen molar-refractivity contribution in [2.24, 2.45) is 10.7 Å².